The van der Waals surface area contributed by atoms with E-state index in [1.54, 1.807) is 0 Å². The first-order valence-electron chi connectivity index (χ1n) is 12.4. The molecule has 0 radical (unpaired) electrons. The topological polar surface area (TPSA) is 74.2 Å². The number of carbonyl (C=O) groups excluding carboxylic acids is 2. The number of amides is 1. The first-order chi connectivity index (χ1) is 16.8. The average molecular weight is 497 g/mol. The number of nitrogens with zero attached hydrogens (tertiary/aromatic N) is 3. The highest BCUT2D eigenvalue weighted by atomic mass is 32.2. The molecule has 1 N–H and O–H groups in total. The molecule has 0 aromatic heterocycles. The maximum Gasteiger partial charge on any atom is 0.338 e. The second-order valence-electron chi connectivity index (χ2n) is 9.55. The Kier molecular flexibility index (Phi) is 8.02. The zero-order valence-corrected chi connectivity index (χ0v) is 22.2. The van der Waals surface area contributed by atoms with Crippen LogP contribution in [0.3, 0.4) is 0 Å². The number of aliphatic imine (C=N–C) groups is 1. The van der Waals surface area contributed by atoms with Crippen LogP contribution in [0.5, 0.6) is 0 Å². The van der Waals surface area contributed by atoms with Crippen molar-refractivity contribution >= 4 is 28.8 Å². The van der Waals surface area contributed by atoms with Crippen molar-refractivity contribution in [3.8, 4) is 0 Å². The zero-order chi connectivity index (χ0) is 25.1. The van der Waals surface area contributed by atoms with Gasteiger partial charge in [0.05, 0.1) is 30.8 Å². The minimum Gasteiger partial charge on any atom is -0.466 e. The molecular formula is C27H36N4O3S. The number of carbonyl (C=O) groups is 2. The van der Waals surface area contributed by atoms with Gasteiger partial charge in [-0.05, 0) is 69.7 Å². The quantitative estimate of drug-likeness (QED) is 0.537. The van der Waals surface area contributed by atoms with Crippen LogP contribution < -0.4 is 5.32 Å². The molecule has 4 rings (SSSR count). The molecule has 2 atom stereocenters. The summed E-state index contributed by atoms with van der Waals surface area (Å²) in [5, 5.41) is 5.90. The van der Waals surface area contributed by atoms with Crippen molar-refractivity contribution in [3.63, 3.8) is 0 Å². The van der Waals surface area contributed by atoms with Gasteiger partial charge < -0.3 is 19.9 Å². The van der Waals surface area contributed by atoms with Crippen molar-refractivity contribution < 1.29 is 14.3 Å². The Bertz CT molecular complexity index is 1090. The number of rotatable bonds is 8. The van der Waals surface area contributed by atoms with E-state index in [1.807, 2.05) is 12.3 Å². The normalized spacial score (nSPS) is 22.1. The van der Waals surface area contributed by atoms with E-state index >= 15 is 0 Å². The molecule has 0 bridgehead atoms. The summed E-state index contributed by atoms with van der Waals surface area (Å²) in [6.07, 6.45) is 4.25. The Morgan fingerprint density at radius 2 is 2.09 bits per heavy atom. The fourth-order valence-corrected chi connectivity index (χ4v) is 6.23. The molecule has 3 aliphatic rings. The minimum absolute atomic E-state index is 0.0111. The molecular weight excluding hydrogens is 460 g/mol. The number of methoxy groups -OCH3 is 1. The number of likely N-dealkylation sites (tertiary alicyclic amines) is 1. The Hall–Kier alpha value is -2.58. The Morgan fingerprint density at radius 3 is 2.74 bits per heavy atom. The largest absolute Gasteiger partial charge is 0.466 e. The van der Waals surface area contributed by atoms with Crippen LogP contribution in [0, 0.1) is 13.8 Å². The summed E-state index contributed by atoms with van der Waals surface area (Å²) < 4.78 is 5.21. The minimum atomic E-state index is -0.383. The van der Waals surface area contributed by atoms with Crippen molar-refractivity contribution in [2.45, 2.75) is 65.0 Å². The number of esters is 1. The number of fused-ring (bicyclic) bond motifs is 1. The Balaban J connectivity index is 1.58. The van der Waals surface area contributed by atoms with Crippen LogP contribution in [0.4, 0.5) is 0 Å². The third-order valence-corrected chi connectivity index (χ3v) is 8.05. The van der Waals surface area contributed by atoms with Gasteiger partial charge in [0.15, 0.2) is 5.17 Å². The van der Waals surface area contributed by atoms with Gasteiger partial charge >= 0.3 is 5.97 Å². The molecule has 1 aromatic carbocycles. The maximum atomic E-state index is 13.0. The van der Waals surface area contributed by atoms with Gasteiger partial charge in [0, 0.05) is 18.3 Å². The molecule has 188 valence electrons. The van der Waals surface area contributed by atoms with Crippen LogP contribution in [0.25, 0.3) is 0 Å². The standard InChI is InChI=1S/C27H36N4O3S/c1-6-22-24(26(33)34-5)25(21-10-9-17(2)14-18(21)3)31-20(16-35-27(31)29-22)15-23(32)28-12-11-19-8-7-13-30(19)4/h9-10,14,16,19,25H,6-8,11-13,15H2,1-5H3,(H,28,32)/t19-,25-/m1/s1. The molecule has 1 aromatic rings. The lowest BCUT2D eigenvalue weighted by Crippen LogP contribution is -2.38. The molecule has 1 fully saturated rings. The van der Waals surface area contributed by atoms with Crippen molar-refractivity contribution in [1.82, 2.24) is 15.1 Å². The zero-order valence-electron chi connectivity index (χ0n) is 21.4. The van der Waals surface area contributed by atoms with E-state index in [4.69, 9.17) is 9.73 Å². The number of thioether (sulfide) groups is 1. The van der Waals surface area contributed by atoms with Crippen LogP contribution in [0.2, 0.25) is 0 Å². The fourth-order valence-electron chi connectivity index (χ4n) is 5.29. The molecule has 0 spiro atoms. The van der Waals surface area contributed by atoms with E-state index < -0.39 is 0 Å². The van der Waals surface area contributed by atoms with E-state index in [9.17, 15) is 9.59 Å². The number of ether oxygens (including phenoxy) is 1. The lowest BCUT2D eigenvalue weighted by atomic mass is 9.89. The van der Waals surface area contributed by atoms with Gasteiger partial charge in [-0.1, -0.05) is 42.4 Å². The summed E-state index contributed by atoms with van der Waals surface area (Å²) in [5.74, 6) is -0.390. The summed E-state index contributed by atoms with van der Waals surface area (Å²) in [6, 6.07) is 6.43. The molecule has 1 amide bonds. The van der Waals surface area contributed by atoms with Gasteiger partial charge in [0.1, 0.15) is 0 Å². The Labute approximate surface area is 212 Å². The van der Waals surface area contributed by atoms with Crippen molar-refractivity contribution in [2.24, 2.45) is 4.99 Å². The SMILES string of the molecule is CCC1=C(C(=O)OC)[C@@H](c2ccc(C)cc2C)N2C(CC(=O)NCC[C@H]3CCCN3C)=CSC2=N1. The molecule has 35 heavy (non-hydrogen) atoms. The summed E-state index contributed by atoms with van der Waals surface area (Å²) in [6.45, 7) is 7.93. The van der Waals surface area contributed by atoms with Gasteiger partial charge in [-0.25, -0.2) is 9.79 Å². The van der Waals surface area contributed by atoms with Crippen LogP contribution in [-0.2, 0) is 14.3 Å². The fraction of sp³-hybridized carbons (Fsp3) is 0.519. The van der Waals surface area contributed by atoms with Gasteiger partial charge in [-0.2, -0.15) is 0 Å². The smallest absolute Gasteiger partial charge is 0.338 e. The van der Waals surface area contributed by atoms with E-state index in [0.29, 0.717) is 24.6 Å². The molecule has 3 heterocycles. The first kappa shape index (κ1) is 25.5. The number of hydrogen-bond donors (Lipinski definition) is 1. The van der Waals surface area contributed by atoms with E-state index in [1.165, 1.54) is 31.7 Å². The highest BCUT2D eigenvalue weighted by molar-refractivity contribution is 8.16. The van der Waals surface area contributed by atoms with Crippen LogP contribution in [0.1, 0.15) is 61.8 Å². The summed E-state index contributed by atoms with van der Waals surface area (Å²) in [7, 11) is 3.56. The van der Waals surface area contributed by atoms with Gasteiger partial charge in [-0.15, -0.1) is 0 Å². The summed E-state index contributed by atoms with van der Waals surface area (Å²) in [5.41, 5.74) is 5.41. The number of benzene rings is 1. The highest BCUT2D eigenvalue weighted by Crippen LogP contribution is 2.46. The number of hydrogen-bond acceptors (Lipinski definition) is 7. The van der Waals surface area contributed by atoms with Gasteiger partial charge in [-0.3, -0.25) is 4.79 Å². The molecule has 1 saturated heterocycles. The van der Waals surface area contributed by atoms with Crippen LogP contribution in [0.15, 0.2) is 45.6 Å². The van der Waals surface area contributed by atoms with E-state index in [0.717, 1.165) is 46.2 Å². The third-order valence-electron chi connectivity index (χ3n) is 7.16. The Morgan fingerprint density at radius 1 is 1.29 bits per heavy atom. The number of nitrogens with one attached hydrogen (secondary N) is 1. The molecule has 0 aliphatic carbocycles. The van der Waals surface area contributed by atoms with Crippen molar-refractivity contribution in [3.05, 3.63) is 57.3 Å². The monoisotopic (exact) mass is 496 g/mol. The molecule has 0 unspecified atom stereocenters. The molecule has 8 heteroatoms. The highest BCUT2D eigenvalue weighted by Gasteiger charge is 2.42. The number of allylic oxidation sites excluding steroid dienone is 1. The molecule has 3 aliphatic heterocycles. The van der Waals surface area contributed by atoms with Crippen LogP contribution in [-0.4, -0.2) is 60.1 Å². The van der Waals surface area contributed by atoms with Crippen LogP contribution >= 0.6 is 11.8 Å². The predicted molar refractivity (Wildman–Crippen MR) is 141 cm³/mol. The second kappa shape index (κ2) is 11.0. The summed E-state index contributed by atoms with van der Waals surface area (Å²) in [4.78, 5) is 35.2. The van der Waals surface area contributed by atoms with Gasteiger partial charge in [0.2, 0.25) is 5.91 Å². The second-order valence-corrected chi connectivity index (χ2v) is 10.4. The lowest BCUT2D eigenvalue weighted by Gasteiger charge is -2.37. The van der Waals surface area contributed by atoms with Gasteiger partial charge in [0.25, 0.3) is 0 Å². The predicted octanol–water partition coefficient (Wildman–Crippen LogP) is 4.43. The first-order valence-corrected chi connectivity index (χ1v) is 13.3. The van der Waals surface area contributed by atoms with E-state index in [2.05, 4.69) is 54.2 Å². The molecule has 7 nitrogen and oxygen atoms in total. The van der Waals surface area contributed by atoms with Crippen molar-refractivity contribution in [1.29, 1.82) is 0 Å². The average Bonchev–Trinajstić information content (AvgIpc) is 3.43. The lowest BCUT2D eigenvalue weighted by molar-refractivity contribution is -0.136. The third kappa shape index (κ3) is 5.33. The van der Waals surface area contributed by atoms with Crippen molar-refractivity contribution in [2.75, 3.05) is 27.2 Å². The maximum absolute atomic E-state index is 13.0. The van der Waals surface area contributed by atoms with E-state index in [-0.39, 0.29) is 24.3 Å². The molecule has 0 saturated carbocycles. The number of amidine groups is 1. The summed E-state index contributed by atoms with van der Waals surface area (Å²) >= 11 is 1.51. The number of aryl methyl sites for hydroxylation is 2.